The number of hydrogen-bond donors (Lipinski definition) is 1. The number of pyridine rings is 1. The molecule has 21 heavy (non-hydrogen) atoms. The van der Waals surface area contributed by atoms with Crippen molar-refractivity contribution in [2.45, 2.75) is 26.4 Å². The van der Waals surface area contributed by atoms with E-state index in [1.54, 1.807) is 36.4 Å². The SMILES string of the molecule is CC(C)(C)OC(=O)c1ccc(-c2nc(N)ccc2Cl)cc1. The van der Waals surface area contributed by atoms with Gasteiger partial charge in [0.1, 0.15) is 11.4 Å². The minimum absolute atomic E-state index is 0.360. The maximum absolute atomic E-state index is 11.9. The predicted octanol–water partition coefficient (Wildman–Crippen LogP) is 3.94. The van der Waals surface area contributed by atoms with Crippen molar-refractivity contribution in [3.05, 3.63) is 47.0 Å². The van der Waals surface area contributed by atoms with E-state index in [1.807, 2.05) is 20.8 Å². The van der Waals surface area contributed by atoms with Crippen LogP contribution in [0.15, 0.2) is 36.4 Å². The quantitative estimate of drug-likeness (QED) is 0.853. The first-order chi connectivity index (χ1) is 9.76. The predicted molar refractivity (Wildman–Crippen MR) is 84.3 cm³/mol. The highest BCUT2D eigenvalue weighted by atomic mass is 35.5. The number of esters is 1. The Morgan fingerprint density at radius 3 is 2.33 bits per heavy atom. The molecule has 0 aliphatic carbocycles. The number of carbonyl (C=O) groups is 1. The fourth-order valence-corrected chi connectivity index (χ4v) is 1.98. The fraction of sp³-hybridized carbons (Fsp3) is 0.250. The van der Waals surface area contributed by atoms with Crippen molar-refractivity contribution in [1.29, 1.82) is 0 Å². The average Bonchev–Trinajstić information content (AvgIpc) is 2.40. The normalized spacial score (nSPS) is 11.2. The lowest BCUT2D eigenvalue weighted by Gasteiger charge is -2.19. The number of rotatable bonds is 2. The molecular weight excluding hydrogens is 288 g/mol. The van der Waals surface area contributed by atoms with Crippen molar-refractivity contribution in [2.24, 2.45) is 0 Å². The van der Waals surface area contributed by atoms with Crippen LogP contribution in [0.2, 0.25) is 5.02 Å². The molecule has 2 aromatic rings. The van der Waals surface area contributed by atoms with Crippen LogP contribution in [0.1, 0.15) is 31.1 Å². The molecule has 0 radical (unpaired) electrons. The summed E-state index contributed by atoms with van der Waals surface area (Å²) >= 11 is 6.11. The Bertz CT molecular complexity index is 661. The molecule has 0 amide bonds. The summed E-state index contributed by atoms with van der Waals surface area (Å²) in [5.41, 5.74) is 7.01. The van der Waals surface area contributed by atoms with Gasteiger partial charge in [0, 0.05) is 5.56 Å². The van der Waals surface area contributed by atoms with Gasteiger partial charge in [-0.2, -0.15) is 0 Å². The summed E-state index contributed by atoms with van der Waals surface area (Å²) in [5.74, 6) is 0.0336. The number of nitrogen functional groups attached to an aromatic ring is 1. The Kier molecular flexibility index (Phi) is 4.19. The van der Waals surface area contributed by atoms with Gasteiger partial charge in [0.15, 0.2) is 0 Å². The summed E-state index contributed by atoms with van der Waals surface area (Å²) in [6.07, 6.45) is 0. The van der Waals surface area contributed by atoms with Crippen molar-refractivity contribution in [1.82, 2.24) is 4.98 Å². The van der Waals surface area contributed by atoms with Crippen LogP contribution in [0.5, 0.6) is 0 Å². The lowest BCUT2D eigenvalue weighted by molar-refractivity contribution is 0.00696. The monoisotopic (exact) mass is 304 g/mol. The molecule has 0 saturated heterocycles. The molecule has 0 atom stereocenters. The maximum atomic E-state index is 11.9. The molecule has 0 aliphatic heterocycles. The molecule has 0 aliphatic rings. The molecule has 0 saturated carbocycles. The van der Waals surface area contributed by atoms with E-state index in [0.29, 0.717) is 22.1 Å². The van der Waals surface area contributed by atoms with E-state index in [-0.39, 0.29) is 5.97 Å². The van der Waals surface area contributed by atoms with Crippen molar-refractivity contribution >= 4 is 23.4 Å². The third-order valence-corrected chi connectivity index (χ3v) is 2.97. The molecule has 0 spiro atoms. The Labute approximate surface area is 128 Å². The third-order valence-electron chi connectivity index (χ3n) is 2.66. The molecule has 0 fully saturated rings. The number of benzene rings is 1. The Balaban J connectivity index is 2.27. The standard InChI is InChI=1S/C16H17ClN2O2/c1-16(2,3)21-15(20)11-6-4-10(5-7-11)14-12(17)8-9-13(18)19-14/h4-9H,1-3H3,(H2,18,19). The van der Waals surface area contributed by atoms with Crippen LogP contribution < -0.4 is 5.73 Å². The van der Waals surface area contributed by atoms with Crippen LogP contribution in [-0.4, -0.2) is 16.6 Å². The molecule has 5 heteroatoms. The highest BCUT2D eigenvalue weighted by Crippen LogP contribution is 2.27. The maximum Gasteiger partial charge on any atom is 0.338 e. The molecular formula is C16H17ClN2O2. The van der Waals surface area contributed by atoms with Gasteiger partial charge >= 0.3 is 5.97 Å². The second-order valence-corrected chi connectivity index (χ2v) is 6.05. The second-order valence-electron chi connectivity index (χ2n) is 5.65. The molecule has 0 bridgehead atoms. The zero-order valence-corrected chi connectivity index (χ0v) is 12.9. The van der Waals surface area contributed by atoms with Gasteiger partial charge in [-0.1, -0.05) is 23.7 Å². The van der Waals surface area contributed by atoms with E-state index >= 15 is 0 Å². The second kappa shape index (κ2) is 5.74. The van der Waals surface area contributed by atoms with Crippen LogP contribution in [0, 0.1) is 0 Å². The molecule has 110 valence electrons. The summed E-state index contributed by atoms with van der Waals surface area (Å²) in [4.78, 5) is 16.2. The highest BCUT2D eigenvalue weighted by Gasteiger charge is 2.18. The number of nitrogens with two attached hydrogens (primary N) is 1. The molecule has 2 N–H and O–H groups in total. The Morgan fingerprint density at radius 2 is 1.76 bits per heavy atom. The first-order valence-corrected chi connectivity index (χ1v) is 6.90. The highest BCUT2D eigenvalue weighted by molar-refractivity contribution is 6.33. The van der Waals surface area contributed by atoms with E-state index in [0.717, 1.165) is 5.56 Å². The summed E-state index contributed by atoms with van der Waals surface area (Å²) in [7, 11) is 0. The fourth-order valence-electron chi connectivity index (χ4n) is 1.76. The van der Waals surface area contributed by atoms with E-state index in [4.69, 9.17) is 22.1 Å². The summed E-state index contributed by atoms with van der Waals surface area (Å²) in [6.45, 7) is 5.49. The largest absolute Gasteiger partial charge is 0.456 e. The number of carbonyl (C=O) groups excluding carboxylic acids is 1. The van der Waals surface area contributed by atoms with Crippen molar-refractivity contribution < 1.29 is 9.53 Å². The molecule has 4 nitrogen and oxygen atoms in total. The van der Waals surface area contributed by atoms with Crippen molar-refractivity contribution in [3.8, 4) is 11.3 Å². The van der Waals surface area contributed by atoms with Gasteiger partial charge in [0.2, 0.25) is 0 Å². The van der Waals surface area contributed by atoms with Gasteiger partial charge in [0.25, 0.3) is 0 Å². The minimum Gasteiger partial charge on any atom is -0.456 e. The van der Waals surface area contributed by atoms with Crippen LogP contribution >= 0.6 is 11.6 Å². The van der Waals surface area contributed by atoms with Gasteiger partial charge in [0.05, 0.1) is 16.3 Å². The van der Waals surface area contributed by atoms with Gasteiger partial charge in [-0.25, -0.2) is 9.78 Å². The van der Waals surface area contributed by atoms with Gasteiger partial charge in [-0.3, -0.25) is 0 Å². The number of hydrogen-bond acceptors (Lipinski definition) is 4. The number of ether oxygens (including phenoxy) is 1. The first-order valence-electron chi connectivity index (χ1n) is 6.52. The molecule has 1 aromatic carbocycles. The minimum atomic E-state index is -0.519. The Hall–Kier alpha value is -2.07. The zero-order chi connectivity index (χ0) is 15.6. The van der Waals surface area contributed by atoms with Gasteiger partial charge in [-0.15, -0.1) is 0 Å². The number of nitrogens with zero attached hydrogens (tertiary/aromatic N) is 1. The smallest absolute Gasteiger partial charge is 0.338 e. The van der Waals surface area contributed by atoms with Gasteiger partial charge < -0.3 is 10.5 Å². The number of aromatic nitrogens is 1. The average molecular weight is 305 g/mol. The summed E-state index contributed by atoms with van der Waals surface area (Å²) in [6, 6.07) is 10.2. The molecule has 0 unspecified atom stereocenters. The van der Waals surface area contributed by atoms with Crippen LogP contribution in [0.4, 0.5) is 5.82 Å². The molecule has 1 aromatic heterocycles. The van der Waals surface area contributed by atoms with E-state index in [9.17, 15) is 4.79 Å². The van der Waals surface area contributed by atoms with Crippen LogP contribution in [0.25, 0.3) is 11.3 Å². The zero-order valence-electron chi connectivity index (χ0n) is 12.2. The number of anilines is 1. The van der Waals surface area contributed by atoms with E-state index in [2.05, 4.69) is 4.98 Å². The molecule has 2 rings (SSSR count). The summed E-state index contributed by atoms with van der Waals surface area (Å²) < 4.78 is 5.31. The summed E-state index contributed by atoms with van der Waals surface area (Å²) in [5, 5.41) is 0.509. The van der Waals surface area contributed by atoms with E-state index in [1.165, 1.54) is 0 Å². The van der Waals surface area contributed by atoms with E-state index < -0.39 is 5.60 Å². The van der Waals surface area contributed by atoms with Crippen LogP contribution in [-0.2, 0) is 4.74 Å². The number of halogens is 1. The van der Waals surface area contributed by atoms with Crippen molar-refractivity contribution in [3.63, 3.8) is 0 Å². The Morgan fingerprint density at radius 1 is 1.14 bits per heavy atom. The first kappa shape index (κ1) is 15.3. The molecule has 1 heterocycles. The van der Waals surface area contributed by atoms with Crippen LogP contribution in [0.3, 0.4) is 0 Å². The lowest BCUT2D eigenvalue weighted by atomic mass is 10.1. The third kappa shape index (κ3) is 3.95. The topological polar surface area (TPSA) is 65.2 Å². The lowest BCUT2D eigenvalue weighted by Crippen LogP contribution is -2.23. The van der Waals surface area contributed by atoms with Gasteiger partial charge in [-0.05, 0) is 45.0 Å². The van der Waals surface area contributed by atoms with Crippen molar-refractivity contribution in [2.75, 3.05) is 5.73 Å².